The number of nitriles is 1. The van der Waals surface area contributed by atoms with Crippen molar-refractivity contribution in [2.45, 2.75) is 32.2 Å². The van der Waals surface area contributed by atoms with Gasteiger partial charge in [-0.15, -0.1) is 0 Å². The van der Waals surface area contributed by atoms with Crippen LogP contribution in [0.25, 0.3) is 0 Å². The predicted octanol–water partition coefficient (Wildman–Crippen LogP) is 2.14. The maximum Gasteiger partial charge on any atom is 0.0996 e. The van der Waals surface area contributed by atoms with Crippen LogP contribution in [0.1, 0.15) is 43.4 Å². The van der Waals surface area contributed by atoms with E-state index in [4.69, 9.17) is 11.0 Å². The molecule has 74 valence electrons. The molecule has 2 N–H and O–H groups in total. The van der Waals surface area contributed by atoms with E-state index < -0.39 is 0 Å². The summed E-state index contributed by atoms with van der Waals surface area (Å²) in [5, 5.41) is 8.86. The van der Waals surface area contributed by atoms with Crippen molar-refractivity contribution in [2.75, 3.05) is 0 Å². The van der Waals surface area contributed by atoms with Crippen LogP contribution in [0.2, 0.25) is 0 Å². The molecule has 1 atom stereocenters. The molecule has 0 saturated carbocycles. The van der Waals surface area contributed by atoms with E-state index >= 15 is 0 Å². The maximum absolute atomic E-state index is 8.86. The summed E-state index contributed by atoms with van der Waals surface area (Å²) in [5.41, 5.74) is 7.47. The fourth-order valence-electron chi connectivity index (χ4n) is 1.38. The van der Waals surface area contributed by atoms with Crippen molar-refractivity contribution in [1.29, 1.82) is 5.26 Å². The zero-order valence-electron chi connectivity index (χ0n) is 8.40. The lowest BCUT2D eigenvalue weighted by Crippen LogP contribution is -2.12. The first-order chi connectivity index (χ1) is 6.79. The average molecular weight is 189 g/mol. The molecule has 3 nitrogen and oxygen atoms in total. The lowest BCUT2D eigenvalue weighted by atomic mass is 10.00. The summed E-state index contributed by atoms with van der Waals surface area (Å²) in [4.78, 5) is 3.99. The van der Waals surface area contributed by atoms with E-state index in [-0.39, 0.29) is 6.04 Å². The smallest absolute Gasteiger partial charge is 0.0996 e. The number of rotatable bonds is 4. The molecule has 0 radical (unpaired) electrons. The zero-order valence-corrected chi connectivity index (χ0v) is 8.40. The number of hydrogen-bond acceptors (Lipinski definition) is 3. The summed E-state index contributed by atoms with van der Waals surface area (Å²) in [6.07, 6.45) is 6.43. The monoisotopic (exact) mass is 189 g/mol. The molecule has 14 heavy (non-hydrogen) atoms. The zero-order chi connectivity index (χ0) is 10.4. The van der Waals surface area contributed by atoms with Gasteiger partial charge in [-0.3, -0.25) is 4.98 Å². The summed E-state index contributed by atoms with van der Waals surface area (Å²) in [5.74, 6) is 0. The summed E-state index contributed by atoms with van der Waals surface area (Å²) in [6.45, 7) is 2.13. The molecule has 0 spiro atoms. The molecule has 3 heteroatoms. The van der Waals surface area contributed by atoms with Crippen LogP contribution in [0.5, 0.6) is 0 Å². The fraction of sp³-hybridized carbons (Fsp3) is 0.455. The van der Waals surface area contributed by atoms with Crippen LogP contribution in [-0.4, -0.2) is 4.98 Å². The average Bonchev–Trinajstić information content (AvgIpc) is 2.25. The molecule has 0 fully saturated rings. The summed E-state index contributed by atoms with van der Waals surface area (Å²) in [7, 11) is 0. The maximum atomic E-state index is 8.86. The van der Waals surface area contributed by atoms with Crippen LogP contribution in [0.15, 0.2) is 18.5 Å². The highest BCUT2D eigenvalue weighted by Crippen LogP contribution is 2.18. The lowest BCUT2D eigenvalue weighted by molar-refractivity contribution is 0.601. The third-order valence-corrected chi connectivity index (χ3v) is 2.24. The highest BCUT2D eigenvalue weighted by Gasteiger charge is 2.09. The number of nitrogens with zero attached hydrogens (tertiary/aromatic N) is 2. The molecule has 1 heterocycles. The van der Waals surface area contributed by atoms with Gasteiger partial charge in [-0.1, -0.05) is 19.8 Å². The van der Waals surface area contributed by atoms with Gasteiger partial charge in [0.2, 0.25) is 0 Å². The minimum Gasteiger partial charge on any atom is -0.324 e. The van der Waals surface area contributed by atoms with Crippen molar-refractivity contribution in [3.8, 4) is 6.07 Å². The first kappa shape index (κ1) is 10.7. The Morgan fingerprint density at radius 3 is 3.07 bits per heavy atom. The molecular formula is C11H15N3. The summed E-state index contributed by atoms with van der Waals surface area (Å²) >= 11 is 0. The lowest BCUT2D eigenvalue weighted by Gasteiger charge is -2.11. The van der Waals surface area contributed by atoms with E-state index in [1.54, 1.807) is 18.5 Å². The second-order valence-electron chi connectivity index (χ2n) is 3.32. The highest BCUT2D eigenvalue weighted by molar-refractivity contribution is 5.36. The Balaban J connectivity index is 2.79. The molecule has 0 unspecified atom stereocenters. The SMILES string of the molecule is CCCC[C@@H](N)c1cnccc1C#N. The molecule has 0 bridgehead atoms. The van der Waals surface area contributed by atoms with Crippen molar-refractivity contribution in [3.05, 3.63) is 29.6 Å². The topological polar surface area (TPSA) is 62.7 Å². The second-order valence-corrected chi connectivity index (χ2v) is 3.32. The number of nitrogens with two attached hydrogens (primary N) is 1. The Bertz CT molecular complexity index is 328. The standard InChI is InChI=1S/C11H15N3/c1-2-3-4-11(13)10-8-14-6-5-9(10)7-12/h5-6,8,11H,2-4,13H2,1H3/t11-/m1/s1. The summed E-state index contributed by atoms with van der Waals surface area (Å²) in [6, 6.07) is 3.79. The minimum atomic E-state index is -0.0571. The Kier molecular flexibility index (Phi) is 4.09. The van der Waals surface area contributed by atoms with Crippen LogP contribution >= 0.6 is 0 Å². The van der Waals surface area contributed by atoms with E-state index in [9.17, 15) is 0 Å². The van der Waals surface area contributed by atoms with Crippen molar-refractivity contribution < 1.29 is 0 Å². The van der Waals surface area contributed by atoms with E-state index in [0.717, 1.165) is 24.8 Å². The molecule has 0 aliphatic heterocycles. The molecule has 0 amide bonds. The van der Waals surface area contributed by atoms with Gasteiger partial charge in [0, 0.05) is 24.0 Å². The van der Waals surface area contributed by atoms with Gasteiger partial charge in [0.1, 0.15) is 0 Å². The molecule has 0 saturated heterocycles. The van der Waals surface area contributed by atoms with Gasteiger partial charge in [0.05, 0.1) is 11.6 Å². The van der Waals surface area contributed by atoms with E-state index in [0.29, 0.717) is 5.56 Å². The van der Waals surface area contributed by atoms with Crippen LogP contribution in [0.3, 0.4) is 0 Å². The number of aromatic nitrogens is 1. The van der Waals surface area contributed by atoms with Crippen molar-refractivity contribution in [2.24, 2.45) is 5.73 Å². The largest absolute Gasteiger partial charge is 0.324 e. The van der Waals surface area contributed by atoms with Crippen LogP contribution in [0.4, 0.5) is 0 Å². The Labute approximate surface area is 84.6 Å². The third kappa shape index (κ3) is 2.54. The number of hydrogen-bond donors (Lipinski definition) is 1. The minimum absolute atomic E-state index is 0.0571. The quantitative estimate of drug-likeness (QED) is 0.789. The number of unbranched alkanes of at least 4 members (excludes halogenated alkanes) is 1. The second kappa shape index (κ2) is 5.36. The molecular weight excluding hydrogens is 174 g/mol. The van der Waals surface area contributed by atoms with Gasteiger partial charge in [0.15, 0.2) is 0 Å². The van der Waals surface area contributed by atoms with Crippen LogP contribution in [-0.2, 0) is 0 Å². The molecule has 1 aromatic rings. The fourth-order valence-corrected chi connectivity index (χ4v) is 1.38. The van der Waals surface area contributed by atoms with Gasteiger partial charge in [-0.25, -0.2) is 0 Å². The predicted molar refractivity (Wildman–Crippen MR) is 55.4 cm³/mol. The van der Waals surface area contributed by atoms with Gasteiger partial charge < -0.3 is 5.73 Å². The molecule has 1 rings (SSSR count). The van der Waals surface area contributed by atoms with Crippen LogP contribution in [0, 0.1) is 11.3 Å². The van der Waals surface area contributed by atoms with Gasteiger partial charge in [-0.2, -0.15) is 5.26 Å². The summed E-state index contributed by atoms with van der Waals surface area (Å²) < 4.78 is 0. The molecule has 0 aliphatic rings. The van der Waals surface area contributed by atoms with Gasteiger partial charge in [0.25, 0.3) is 0 Å². The molecule has 0 aromatic carbocycles. The van der Waals surface area contributed by atoms with Gasteiger partial charge >= 0.3 is 0 Å². The van der Waals surface area contributed by atoms with Crippen LogP contribution < -0.4 is 5.73 Å². The first-order valence-corrected chi connectivity index (χ1v) is 4.89. The molecule has 0 aliphatic carbocycles. The Hall–Kier alpha value is -1.40. The normalized spacial score (nSPS) is 12.1. The van der Waals surface area contributed by atoms with Gasteiger partial charge in [-0.05, 0) is 12.5 Å². The van der Waals surface area contributed by atoms with E-state index in [2.05, 4.69) is 18.0 Å². The number of pyridine rings is 1. The third-order valence-electron chi connectivity index (χ3n) is 2.24. The van der Waals surface area contributed by atoms with Crippen molar-refractivity contribution in [1.82, 2.24) is 4.98 Å². The Morgan fingerprint density at radius 1 is 1.64 bits per heavy atom. The van der Waals surface area contributed by atoms with E-state index in [1.807, 2.05) is 0 Å². The highest BCUT2D eigenvalue weighted by atomic mass is 14.7. The van der Waals surface area contributed by atoms with E-state index in [1.165, 1.54) is 0 Å². The first-order valence-electron chi connectivity index (χ1n) is 4.89. The van der Waals surface area contributed by atoms with Crippen molar-refractivity contribution >= 4 is 0 Å². The Morgan fingerprint density at radius 2 is 2.43 bits per heavy atom. The molecule has 1 aromatic heterocycles. The van der Waals surface area contributed by atoms with Crippen molar-refractivity contribution in [3.63, 3.8) is 0 Å².